The van der Waals surface area contributed by atoms with Gasteiger partial charge in [0.05, 0.1) is 79.3 Å². The van der Waals surface area contributed by atoms with E-state index in [1.165, 1.54) is 38.5 Å². The van der Waals surface area contributed by atoms with Gasteiger partial charge in [-0.15, -0.1) is 0 Å². The zero-order chi connectivity index (χ0) is 27.6. The Labute approximate surface area is 234 Å². The summed E-state index contributed by atoms with van der Waals surface area (Å²) in [5, 5.41) is 0. The normalized spacial score (nSPS) is 24.2. The van der Waals surface area contributed by atoms with Gasteiger partial charge in [-0.3, -0.25) is 0 Å². The molecule has 0 N–H and O–H groups in total. The van der Waals surface area contributed by atoms with E-state index in [2.05, 4.69) is 41.5 Å². The molecule has 4 rings (SSSR count). The van der Waals surface area contributed by atoms with E-state index in [0.29, 0.717) is 24.0 Å². The minimum atomic E-state index is -0.0856. The molecule has 4 aliphatic rings. The molecule has 0 amide bonds. The van der Waals surface area contributed by atoms with Crippen LogP contribution in [0.3, 0.4) is 0 Å². The molecule has 6 nitrogen and oxygen atoms in total. The summed E-state index contributed by atoms with van der Waals surface area (Å²) in [7, 11) is 0. The van der Waals surface area contributed by atoms with Crippen molar-refractivity contribution in [2.75, 3.05) is 79.3 Å². The van der Waals surface area contributed by atoms with E-state index in [0.717, 1.165) is 85.3 Å². The molecule has 0 bridgehead atoms. The molecule has 0 aromatic rings. The van der Waals surface area contributed by atoms with E-state index in [-0.39, 0.29) is 16.2 Å². The first-order valence-electron chi connectivity index (χ1n) is 15.8. The Morgan fingerprint density at radius 2 is 0.842 bits per heavy atom. The quantitative estimate of drug-likeness (QED) is 0.193. The van der Waals surface area contributed by atoms with Gasteiger partial charge in [0.2, 0.25) is 0 Å². The third kappa shape index (κ3) is 7.94. The third-order valence-electron chi connectivity index (χ3n) is 10.8. The van der Waals surface area contributed by atoms with Crippen molar-refractivity contribution in [3.8, 4) is 0 Å². The Bertz CT molecular complexity index is 563. The number of ether oxygens (including phenoxy) is 6. The summed E-state index contributed by atoms with van der Waals surface area (Å²) in [6.07, 6.45) is 11.0. The summed E-state index contributed by atoms with van der Waals surface area (Å²) < 4.78 is 35.1. The van der Waals surface area contributed by atoms with Gasteiger partial charge in [-0.1, -0.05) is 48.0 Å². The Morgan fingerprint density at radius 1 is 0.500 bits per heavy atom. The lowest BCUT2D eigenvalue weighted by Gasteiger charge is -2.44. The molecule has 3 saturated heterocycles. The molecule has 3 aliphatic heterocycles. The summed E-state index contributed by atoms with van der Waals surface area (Å²) in [6.45, 7) is 23.4. The highest BCUT2D eigenvalue weighted by Crippen LogP contribution is 2.44. The molecule has 0 aromatic heterocycles. The Balaban J connectivity index is 0.000000427. The molecular weight excluding hydrogens is 480 g/mol. The molecule has 0 aromatic carbocycles. The van der Waals surface area contributed by atoms with Gasteiger partial charge in [-0.25, -0.2) is 0 Å². The van der Waals surface area contributed by atoms with Crippen LogP contribution >= 0.6 is 0 Å². The van der Waals surface area contributed by atoms with Crippen LogP contribution in [0.1, 0.15) is 99.3 Å². The summed E-state index contributed by atoms with van der Waals surface area (Å²) in [4.78, 5) is 0. The van der Waals surface area contributed by atoms with Gasteiger partial charge in [0.15, 0.2) is 0 Å². The predicted octanol–water partition coefficient (Wildman–Crippen LogP) is 6.69. The smallest absolute Gasteiger partial charge is 0.0566 e. The average molecular weight is 541 g/mol. The van der Waals surface area contributed by atoms with Crippen LogP contribution < -0.4 is 0 Å². The van der Waals surface area contributed by atoms with Gasteiger partial charge < -0.3 is 28.4 Å². The molecule has 0 atom stereocenters. The minimum absolute atomic E-state index is 0.0856. The SMILES string of the molecule is CCC1(CC)COC1.CCC1(COCC(CC)(COCC2(CC)COC2)COCC2(CC)COC2)CCC1. The van der Waals surface area contributed by atoms with Crippen LogP contribution in [0.5, 0.6) is 0 Å². The maximum atomic E-state index is 6.38. The first-order valence-corrected chi connectivity index (χ1v) is 15.8. The lowest BCUT2D eigenvalue weighted by atomic mass is 9.68. The Hall–Kier alpha value is -0.240. The molecule has 1 saturated carbocycles. The highest BCUT2D eigenvalue weighted by molar-refractivity contribution is 4.89. The van der Waals surface area contributed by atoms with Gasteiger partial charge in [0, 0.05) is 21.7 Å². The zero-order valence-corrected chi connectivity index (χ0v) is 25.8. The summed E-state index contributed by atoms with van der Waals surface area (Å²) in [5.74, 6) is 0. The van der Waals surface area contributed by atoms with Crippen molar-refractivity contribution in [3.05, 3.63) is 0 Å². The van der Waals surface area contributed by atoms with Gasteiger partial charge in [-0.2, -0.15) is 0 Å². The van der Waals surface area contributed by atoms with Crippen LogP contribution in [0.15, 0.2) is 0 Å². The van der Waals surface area contributed by atoms with Crippen LogP contribution in [0.4, 0.5) is 0 Å². The maximum absolute atomic E-state index is 6.38. The molecule has 38 heavy (non-hydrogen) atoms. The fourth-order valence-corrected chi connectivity index (χ4v) is 5.77. The van der Waals surface area contributed by atoms with E-state index < -0.39 is 0 Å². The second-order valence-corrected chi connectivity index (χ2v) is 13.4. The second kappa shape index (κ2) is 14.6. The van der Waals surface area contributed by atoms with Gasteiger partial charge in [0.25, 0.3) is 0 Å². The maximum Gasteiger partial charge on any atom is 0.0566 e. The number of hydrogen-bond acceptors (Lipinski definition) is 6. The number of hydrogen-bond donors (Lipinski definition) is 0. The van der Waals surface area contributed by atoms with E-state index in [4.69, 9.17) is 28.4 Å². The minimum Gasteiger partial charge on any atom is -0.380 e. The van der Waals surface area contributed by atoms with Gasteiger partial charge >= 0.3 is 0 Å². The van der Waals surface area contributed by atoms with E-state index in [1.807, 2.05) is 0 Å². The average Bonchev–Trinajstić information content (AvgIpc) is 2.84. The lowest BCUT2D eigenvalue weighted by Crippen LogP contribution is -2.48. The zero-order valence-electron chi connectivity index (χ0n) is 25.8. The van der Waals surface area contributed by atoms with Crippen LogP contribution in [-0.2, 0) is 28.4 Å². The van der Waals surface area contributed by atoms with E-state index in [1.54, 1.807) is 0 Å². The molecule has 4 fully saturated rings. The largest absolute Gasteiger partial charge is 0.380 e. The first kappa shape index (κ1) is 32.3. The monoisotopic (exact) mass is 540 g/mol. The topological polar surface area (TPSA) is 55.4 Å². The van der Waals surface area contributed by atoms with Crippen LogP contribution in [-0.4, -0.2) is 79.3 Å². The lowest BCUT2D eigenvalue weighted by molar-refractivity contribution is -0.179. The fraction of sp³-hybridized carbons (Fsp3) is 1.00. The van der Waals surface area contributed by atoms with E-state index in [9.17, 15) is 0 Å². The second-order valence-electron chi connectivity index (χ2n) is 13.4. The highest BCUT2D eigenvalue weighted by Gasteiger charge is 2.41. The molecule has 0 radical (unpaired) electrons. The van der Waals surface area contributed by atoms with E-state index >= 15 is 0 Å². The van der Waals surface area contributed by atoms with Gasteiger partial charge in [0.1, 0.15) is 0 Å². The molecular formula is C32H60O6. The summed E-state index contributed by atoms with van der Waals surface area (Å²) in [5.41, 5.74) is 1.36. The Morgan fingerprint density at radius 3 is 1.03 bits per heavy atom. The molecule has 6 heteroatoms. The van der Waals surface area contributed by atoms with Crippen molar-refractivity contribution >= 4 is 0 Å². The number of rotatable bonds is 18. The first-order chi connectivity index (χ1) is 18.3. The van der Waals surface area contributed by atoms with Crippen molar-refractivity contribution in [1.29, 1.82) is 0 Å². The molecule has 0 unspecified atom stereocenters. The fourth-order valence-electron chi connectivity index (χ4n) is 5.77. The highest BCUT2D eigenvalue weighted by atomic mass is 16.5. The van der Waals surface area contributed by atoms with Crippen LogP contribution in [0.2, 0.25) is 0 Å². The van der Waals surface area contributed by atoms with Crippen molar-refractivity contribution in [2.45, 2.75) is 99.3 Å². The van der Waals surface area contributed by atoms with Crippen LogP contribution in [0.25, 0.3) is 0 Å². The molecule has 3 heterocycles. The molecule has 1 aliphatic carbocycles. The van der Waals surface area contributed by atoms with Crippen molar-refractivity contribution in [3.63, 3.8) is 0 Å². The predicted molar refractivity (Wildman–Crippen MR) is 153 cm³/mol. The van der Waals surface area contributed by atoms with Crippen LogP contribution in [0, 0.1) is 27.1 Å². The Kier molecular flexibility index (Phi) is 12.4. The van der Waals surface area contributed by atoms with Crippen molar-refractivity contribution < 1.29 is 28.4 Å². The summed E-state index contributed by atoms with van der Waals surface area (Å²) >= 11 is 0. The van der Waals surface area contributed by atoms with Crippen molar-refractivity contribution in [1.82, 2.24) is 0 Å². The molecule has 224 valence electrons. The van der Waals surface area contributed by atoms with Crippen molar-refractivity contribution in [2.24, 2.45) is 27.1 Å². The van der Waals surface area contributed by atoms with Gasteiger partial charge in [-0.05, 0) is 56.8 Å². The standard InChI is InChI=1S/C25H46O5.C7H14O/c1-5-22(10-9-11-22)12-26-13-23(6-2,14-27-16-24(7-3)18-29-19-24)15-28-17-25(8-4)20-30-21-25;1-3-7(4-2)5-8-6-7/h5-21H2,1-4H3;3-6H2,1-2H3. The molecule has 0 spiro atoms. The third-order valence-corrected chi connectivity index (χ3v) is 10.8. The summed E-state index contributed by atoms with van der Waals surface area (Å²) in [6, 6.07) is 0.